The number of amides is 3. The van der Waals surface area contributed by atoms with E-state index in [0.29, 0.717) is 55.4 Å². The molecular formula is C36H51N7O7. The lowest BCUT2D eigenvalue weighted by atomic mass is 9.76. The molecule has 2 N–H and O–H groups in total. The van der Waals surface area contributed by atoms with E-state index in [1.165, 1.54) is 13.4 Å². The van der Waals surface area contributed by atoms with Crippen LogP contribution in [0.2, 0.25) is 0 Å². The van der Waals surface area contributed by atoms with Crippen molar-refractivity contribution in [2.24, 2.45) is 11.3 Å². The highest BCUT2D eigenvalue weighted by Crippen LogP contribution is 2.35. The highest BCUT2D eigenvalue weighted by Gasteiger charge is 2.40. The molecule has 2 aliphatic heterocycles. The normalized spacial score (nSPS) is 18.1. The second-order valence-electron chi connectivity index (χ2n) is 13.2. The number of carbonyl (C=O) groups is 4. The number of rotatable bonds is 9. The molecular weight excluding hydrogens is 642 g/mol. The van der Waals surface area contributed by atoms with E-state index in [1.54, 1.807) is 28.5 Å². The van der Waals surface area contributed by atoms with Crippen LogP contribution in [0, 0.1) is 25.2 Å². The van der Waals surface area contributed by atoms with Gasteiger partial charge in [0.25, 0.3) is 11.7 Å². The molecule has 2 aliphatic rings. The molecule has 0 fully saturated rings. The van der Waals surface area contributed by atoms with Crippen molar-refractivity contribution in [1.29, 1.82) is 0 Å². The lowest BCUT2D eigenvalue weighted by Gasteiger charge is -2.33. The minimum atomic E-state index is -1.02. The molecule has 1 aromatic carbocycles. The first-order valence-corrected chi connectivity index (χ1v) is 17.4. The highest BCUT2D eigenvalue weighted by molar-refractivity contribution is 5.81. The van der Waals surface area contributed by atoms with Crippen LogP contribution in [0.15, 0.2) is 24.5 Å². The fraction of sp³-hybridized carbons (Fsp3) is 0.583. The van der Waals surface area contributed by atoms with Gasteiger partial charge in [-0.25, -0.2) is 9.50 Å². The second-order valence-corrected chi connectivity index (χ2v) is 13.2. The Labute approximate surface area is 293 Å². The Morgan fingerprint density at radius 1 is 1.12 bits per heavy atom. The van der Waals surface area contributed by atoms with Gasteiger partial charge in [0, 0.05) is 50.4 Å². The lowest BCUT2D eigenvalue weighted by Crippen LogP contribution is -2.46. The van der Waals surface area contributed by atoms with Crippen molar-refractivity contribution in [2.45, 2.75) is 79.6 Å². The van der Waals surface area contributed by atoms with E-state index in [2.05, 4.69) is 39.5 Å². The first-order chi connectivity index (χ1) is 24.0. The summed E-state index contributed by atoms with van der Waals surface area (Å²) in [6.07, 6.45) is 4.21. The predicted molar refractivity (Wildman–Crippen MR) is 186 cm³/mol. The first kappa shape index (κ1) is 38.1. The SMILES string of the molecule is CCOC(=O)C1(CCC(C)C)CNC(=O)CCCN(C(=O)CCc2c(C)nc3ncnn3c2C)CCNC(=O)COc2ccc(cc2OC)C1. The highest BCUT2D eigenvalue weighted by atomic mass is 16.5. The summed E-state index contributed by atoms with van der Waals surface area (Å²) in [5.41, 5.74) is 2.36. The Morgan fingerprint density at radius 3 is 2.66 bits per heavy atom. The van der Waals surface area contributed by atoms with Crippen molar-refractivity contribution in [1.82, 2.24) is 35.1 Å². The van der Waals surface area contributed by atoms with E-state index >= 15 is 0 Å². The van der Waals surface area contributed by atoms with Crippen molar-refractivity contribution in [2.75, 3.05) is 46.5 Å². The van der Waals surface area contributed by atoms with Crippen LogP contribution in [0.25, 0.3) is 5.78 Å². The maximum absolute atomic E-state index is 13.6. The summed E-state index contributed by atoms with van der Waals surface area (Å²) in [5.74, 6) is 0.564. The van der Waals surface area contributed by atoms with E-state index in [0.717, 1.165) is 28.9 Å². The van der Waals surface area contributed by atoms with Crippen molar-refractivity contribution in [3.63, 3.8) is 0 Å². The quantitative estimate of drug-likeness (QED) is 0.251. The summed E-state index contributed by atoms with van der Waals surface area (Å²) in [4.78, 5) is 63.6. The van der Waals surface area contributed by atoms with E-state index < -0.39 is 5.41 Å². The molecule has 5 rings (SSSR count). The molecule has 50 heavy (non-hydrogen) atoms. The summed E-state index contributed by atoms with van der Waals surface area (Å²) in [6.45, 7) is 10.6. The Morgan fingerprint density at radius 2 is 1.92 bits per heavy atom. The number of hydrogen-bond acceptors (Lipinski definition) is 10. The summed E-state index contributed by atoms with van der Waals surface area (Å²) >= 11 is 0. The monoisotopic (exact) mass is 693 g/mol. The second kappa shape index (κ2) is 17.8. The Balaban J connectivity index is 1.55. The summed E-state index contributed by atoms with van der Waals surface area (Å²) in [5, 5.41) is 10.1. The van der Waals surface area contributed by atoms with Gasteiger partial charge in [-0.15, -0.1) is 0 Å². The molecule has 3 aromatic rings. The topological polar surface area (TPSA) is 166 Å². The van der Waals surface area contributed by atoms with Crippen LogP contribution in [0.3, 0.4) is 0 Å². The van der Waals surface area contributed by atoms with E-state index in [9.17, 15) is 19.2 Å². The zero-order chi connectivity index (χ0) is 36.3. The third-order valence-electron chi connectivity index (χ3n) is 9.13. The fourth-order valence-corrected chi connectivity index (χ4v) is 6.25. The molecule has 1 unspecified atom stereocenters. The number of esters is 1. The van der Waals surface area contributed by atoms with E-state index in [4.69, 9.17) is 14.2 Å². The molecule has 0 radical (unpaired) electrons. The van der Waals surface area contributed by atoms with Crippen molar-refractivity contribution in [3.05, 3.63) is 47.0 Å². The molecule has 0 aliphatic carbocycles. The number of aryl methyl sites for hydroxylation is 2. The number of nitrogens with zero attached hydrogens (tertiary/aromatic N) is 5. The predicted octanol–water partition coefficient (Wildman–Crippen LogP) is 3.14. The van der Waals surface area contributed by atoms with Gasteiger partial charge < -0.3 is 29.7 Å². The smallest absolute Gasteiger partial charge is 0.314 e. The summed E-state index contributed by atoms with van der Waals surface area (Å²) < 4.78 is 18.7. The van der Waals surface area contributed by atoms with Gasteiger partial charge in [-0.2, -0.15) is 10.1 Å². The van der Waals surface area contributed by atoms with Crippen LogP contribution in [0.4, 0.5) is 0 Å². The minimum absolute atomic E-state index is 0.0991. The summed E-state index contributed by atoms with van der Waals surface area (Å²) in [7, 11) is 1.51. The van der Waals surface area contributed by atoms with Crippen LogP contribution in [0.1, 0.15) is 75.4 Å². The molecule has 0 saturated heterocycles. The Bertz CT molecular complexity index is 1660. The van der Waals surface area contributed by atoms with Gasteiger partial charge in [0.05, 0.1) is 19.1 Å². The average Bonchev–Trinajstić information content (AvgIpc) is 3.56. The number of ether oxygens (including phenoxy) is 3. The number of nitrogens with one attached hydrogen (secondary N) is 2. The maximum atomic E-state index is 13.6. The van der Waals surface area contributed by atoms with Crippen LogP contribution < -0.4 is 20.1 Å². The minimum Gasteiger partial charge on any atom is -0.493 e. The first-order valence-electron chi connectivity index (χ1n) is 17.4. The molecule has 3 amide bonds. The average molecular weight is 694 g/mol. The molecule has 1 atom stereocenters. The van der Waals surface area contributed by atoms with Crippen LogP contribution in [-0.4, -0.2) is 94.7 Å². The van der Waals surface area contributed by atoms with Crippen molar-refractivity contribution >= 4 is 29.5 Å². The van der Waals surface area contributed by atoms with Crippen molar-refractivity contribution in [3.8, 4) is 11.5 Å². The van der Waals surface area contributed by atoms with E-state index in [1.807, 2.05) is 19.9 Å². The molecule has 0 spiro atoms. The van der Waals surface area contributed by atoms with Gasteiger partial charge in [-0.05, 0) is 82.1 Å². The molecule has 14 nitrogen and oxygen atoms in total. The largest absolute Gasteiger partial charge is 0.493 e. The van der Waals surface area contributed by atoms with Crippen LogP contribution in [0.5, 0.6) is 11.5 Å². The van der Waals surface area contributed by atoms with Gasteiger partial charge >= 0.3 is 5.97 Å². The molecule has 14 heteroatoms. The van der Waals surface area contributed by atoms with Crippen LogP contribution >= 0.6 is 0 Å². The molecule has 0 saturated carbocycles. The van der Waals surface area contributed by atoms with Crippen molar-refractivity contribution < 1.29 is 33.4 Å². The molecule has 2 bridgehead atoms. The maximum Gasteiger partial charge on any atom is 0.314 e. The zero-order valence-electron chi connectivity index (χ0n) is 30.2. The van der Waals surface area contributed by atoms with Crippen LogP contribution in [-0.2, 0) is 36.8 Å². The Hall–Kier alpha value is -4.75. The molecule has 4 heterocycles. The molecule has 272 valence electrons. The number of carbonyl (C=O) groups excluding carboxylic acids is 4. The molecule has 2 aromatic heterocycles. The van der Waals surface area contributed by atoms with Gasteiger partial charge in [0.2, 0.25) is 11.8 Å². The zero-order valence-corrected chi connectivity index (χ0v) is 30.2. The number of hydrogen-bond donors (Lipinski definition) is 2. The lowest BCUT2D eigenvalue weighted by molar-refractivity contribution is -0.156. The third-order valence-corrected chi connectivity index (χ3v) is 9.13. The van der Waals surface area contributed by atoms with Gasteiger partial charge in [-0.1, -0.05) is 19.9 Å². The van der Waals surface area contributed by atoms with Gasteiger partial charge in [0.15, 0.2) is 18.1 Å². The summed E-state index contributed by atoms with van der Waals surface area (Å²) in [6, 6.07) is 5.34. The van der Waals surface area contributed by atoms with E-state index in [-0.39, 0.29) is 69.4 Å². The number of methoxy groups -OCH3 is 1. The Kier molecular flexibility index (Phi) is 13.5. The fourth-order valence-electron chi connectivity index (χ4n) is 6.25. The number of fused-ring (bicyclic) bond motifs is 17. The van der Waals surface area contributed by atoms with Gasteiger partial charge in [-0.3, -0.25) is 19.2 Å². The number of aromatic nitrogens is 4. The standard InChI is InChI=1S/C36H51N7O7/c1-7-49-34(47)36(15-14-24(2)3)20-27-10-12-29(30(19-27)48-6)50-21-32(45)37-16-18-42(17-8-9-31(44)38-22-36)33(46)13-11-28-25(4)41-35-39-23-40-43(35)26(28)5/h10,12,19,23-24H,7-9,11,13-18,20-22H2,1-6H3,(H,37,45)(H,38,44). The third kappa shape index (κ3) is 9.91. The van der Waals surface area contributed by atoms with Gasteiger partial charge in [0.1, 0.15) is 6.33 Å². The number of benzene rings is 1.